The van der Waals surface area contributed by atoms with E-state index in [4.69, 9.17) is 5.73 Å². The topological polar surface area (TPSA) is 152 Å². The zero-order valence-electron chi connectivity index (χ0n) is 16.7. The summed E-state index contributed by atoms with van der Waals surface area (Å²) in [5.74, 6) is -9.69. The van der Waals surface area contributed by atoms with Crippen molar-refractivity contribution in [3.05, 3.63) is 28.3 Å². The van der Waals surface area contributed by atoms with Crippen LogP contribution in [0.25, 0.3) is 0 Å². The molecule has 4 N–H and O–H groups in total. The van der Waals surface area contributed by atoms with Crippen molar-refractivity contribution >= 4 is 29.0 Å². The highest BCUT2D eigenvalue weighted by atomic mass is 16.3. The van der Waals surface area contributed by atoms with Crippen molar-refractivity contribution in [2.75, 3.05) is 0 Å². The third kappa shape index (κ3) is 2.46. The number of benzene rings is 1. The number of aromatic hydroxyl groups is 1. The Labute approximate surface area is 172 Å². The molecule has 3 aliphatic carbocycles. The summed E-state index contributed by atoms with van der Waals surface area (Å²) in [4.78, 5) is 63.4. The molecule has 0 heterocycles. The first-order valence-electron chi connectivity index (χ1n) is 10.1. The molecule has 158 valence electrons. The molecule has 8 nitrogen and oxygen atoms in total. The molecule has 3 aliphatic rings. The Morgan fingerprint density at radius 2 is 1.87 bits per heavy atom. The van der Waals surface area contributed by atoms with Gasteiger partial charge in [0.2, 0.25) is 5.91 Å². The number of hydrogen-bond donors (Lipinski definition) is 3. The molecular formula is C22H23NO7. The first kappa shape index (κ1) is 20.4. The largest absolute Gasteiger partial charge is 0.507 e. The smallest absolute Gasteiger partial charge is 0.235 e. The van der Waals surface area contributed by atoms with Crippen molar-refractivity contribution in [3.63, 3.8) is 0 Å². The van der Waals surface area contributed by atoms with E-state index in [9.17, 15) is 34.2 Å². The number of aryl methyl sites for hydroxylation is 2. The van der Waals surface area contributed by atoms with Crippen molar-refractivity contribution in [1.29, 1.82) is 0 Å². The van der Waals surface area contributed by atoms with Gasteiger partial charge in [0.1, 0.15) is 5.75 Å². The van der Waals surface area contributed by atoms with Gasteiger partial charge in [-0.1, -0.05) is 13.0 Å². The number of aliphatic hydroxyl groups is 1. The normalized spacial score (nSPS) is 33.0. The Morgan fingerprint density at radius 1 is 1.20 bits per heavy atom. The van der Waals surface area contributed by atoms with E-state index in [1.165, 1.54) is 0 Å². The predicted molar refractivity (Wildman–Crippen MR) is 103 cm³/mol. The molecule has 0 saturated heterocycles. The maximum absolute atomic E-state index is 13.3. The van der Waals surface area contributed by atoms with Gasteiger partial charge >= 0.3 is 0 Å². The van der Waals surface area contributed by atoms with Gasteiger partial charge in [0, 0.05) is 12.3 Å². The minimum absolute atomic E-state index is 0.0642. The molecule has 0 radical (unpaired) electrons. The number of amides is 1. The van der Waals surface area contributed by atoms with Crippen LogP contribution in [-0.4, -0.2) is 44.9 Å². The molecule has 8 heteroatoms. The molecule has 0 spiro atoms. The molecule has 30 heavy (non-hydrogen) atoms. The zero-order valence-corrected chi connectivity index (χ0v) is 16.7. The lowest BCUT2D eigenvalue weighted by Crippen LogP contribution is -2.68. The molecule has 4 rings (SSSR count). The number of primary amides is 1. The molecule has 5 atom stereocenters. The van der Waals surface area contributed by atoms with Gasteiger partial charge in [-0.3, -0.25) is 24.0 Å². The molecule has 0 bridgehead atoms. The lowest BCUT2D eigenvalue weighted by molar-refractivity contribution is -0.175. The Kier molecular flexibility index (Phi) is 4.47. The summed E-state index contributed by atoms with van der Waals surface area (Å²) in [5.41, 5.74) is 4.70. The number of carbonyl (C=O) groups excluding carboxylic acids is 5. The van der Waals surface area contributed by atoms with E-state index in [0.717, 1.165) is 5.56 Å². The number of ketones is 4. The number of phenols is 1. The van der Waals surface area contributed by atoms with Crippen molar-refractivity contribution in [2.24, 2.45) is 29.4 Å². The summed E-state index contributed by atoms with van der Waals surface area (Å²) in [6.07, 6.45) is 0.736. The van der Waals surface area contributed by atoms with Crippen LogP contribution in [0.3, 0.4) is 0 Å². The number of hydrogen-bond acceptors (Lipinski definition) is 7. The summed E-state index contributed by atoms with van der Waals surface area (Å²) < 4.78 is 0. The van der Waals surface area contributed by atoms with E-state index >= 15 is 0 Å². The van der Waals surface area contributed by atoms with E-state index < -0.39 is 58.3 Å². The van der Waals surface area contributed by atoms with Crippen LogP contribution in [0.15, 0.2) is 6.07 Å². The van der Waals surface area contributed by atoms with Crippen LogP contribution >= 0.6 is 0 Å². The highest BCUT2D eigenvalue weighted by Crippen LogP contribution is 2.50. The maximum Gasteiger partial charge on any atom is 0.235 e. The molecule has 0 aliphatic heterocycles. The van der Waals surface area contributed by atoms with Gasteiger partial charge in [0.05, 0.1) is 11.5 Å². The van der Waals surface area contributed by atoms with Gasteiger partial charge in [-0.25, -0.2) is 0 Å². The number of fused-ring (bicyclic) bond motifs is 3. The second-order valence-electron chi connectivity index (χ2n) is 8.65. The third-order valence-corrected chi connectivity index (χ3v) is 7.07. The molecule has 2 unspecified atom stereocenters. The number of carbonyl (C=O) groups is 5. The van der Waals surface area contributed by atoms with Crippen LogP contribution in [-0.2, 0) is 32.0 Å². The minimum Gasteiger partial charge on any atom is -0.507 e. The lowest BCUT2D eigenvalue weighted by Gasteiger charge is -2.48. The second kappa shape index (κ2) is 6.57. The Balaban J connectivity index is 1.84. The van der Waals surface area contributed by atoms with Crippen LogP contribution in [0, 0.1) is 30.6 Å². The van der Waals surface area contributed by atoms with Crippen LogP contribution in [0.4, 0.5) is 0 Å². The lowest BCUT2D eigenvalue weighted by atomic mass is 9.53. The van der Waals surface area contributed by atoms with Crippen molar-refractivity contribution in [2.45, 2.75) is 45.1 Å². The van der Waals surface area contributed by atoms with Gasteiger partial charge in [-0.2, -0.15) is 0 Å². The Morgan fingerprint density at radius 3 is 2.47 bits per heavy atom. The van der Waals surface area contributed by atoms with Crippen molar-refractivity contribution < 1.29 is 34.2 Å². The van der Waals surface area contributed by atoms with Crippen molar-refractivity contribution in [3.8, 4) is 5.75 Å². The van der Waals surface area contributed by atoms with E-state index in [1.807, 2.05) is 13.0 Å². The fourth-order valence-electron chi connectivity index (χ4n) is 5.58. The van der Waals surface area contributed by atoms with Gasteiger partial charge in [-0.15, -0.1) is 0 Å². The first-order chi connectivity index (χ1) is 14.0. The molecule has 1 aromatic carbocycles. The molecule has 0 aromatic heterocycles. The second-order valence-corrected chi connectivity index (χ2v) is 8.65. The van der Waals surface area contributed by atoms with Crippen LogP contribution in [0.2, 0.25) is 0 Å². The maximum atomic E-state index is 13.3. The van der Waals surface area contributed by atoms with E-state index in [2.05, 4.69) is 0 Å². The summed E-state index contributed by atoms with van der Waals surface area (Å²) in [5, 5.41) is 21.7. The van der Waals surface area contributed by atoms with Gasteiger partial charge in [0.25, 0.3) is 0 Å². The Hall–Kier alpha value is -2.87. The molecule has 1 aromatic rings. The quantitative estimate of drug-likeness (QED) is 0.586. The zero-order chi connectivity index (χ0) is 22.1. The van der Waals surface area contributed by atoms with E-state index in [-0.39, 0.29) is 24.2 Å². The van der Waals surface area contributed by atoms with Crippen LogP contribution in [0.5, 0.6) is 5.75 Å². The standard InChI is InChI=1S/C22H23NO7/c1-3-9-4-8(2)17(25)15-12(9)6-10-5-11-7-13(24)16(21(23)29)20(28)22(11,30)19(27)14(10)18(15)26/h4,10-11,14,16,25,30H,3,5-7H2,1-2H3,(H2,23,29)/t10-,11+,14?,16?,22+/m1/s1. The first-order valence-corrected chi connectivity index (χ1v) is 10.1. The Bertz CT molecular complexity index is 1040. The van der Waals surface area contributed by atoms with Gasteiger partial charge in [0.15, 0.2) is 34.7 Å². The van der Waals surface area contributed by atoms with Crippen molar-refractivity contribution in [1.82, 2.24) is 0 Å². The van der Waals surface area contributed by atoms with E-state index in [0.29, 0.717) is 24.0 Å². The van der Waals surface area contributed by atoms with E-state index in [1.54, 1.807) is 6.92 Å². The molecule has 1 amide bonds. The fraction of sp³-hybridized carbons (Fsp3) is 0.500. The minimum atomic E-state index is -2.60. The number of Topliss-reactive ketones (excluding diaryl/α,β-unsaturated/α-hetero) is 4. The summed E-state index contributed by atoms with van der Waals surface area (Å²) >= 11 is 0. The fourth-order valence-corrected chi connectivity index (χ4v) is 5.58. The average molecular weight is 413 g/mol. The highest BCUT2D eigenvalue weighted by molar-refractivity contribution is 6.31. The number of phenolic OH excluding ortho intramolecular Hbond substituents is 1. The summed E-state index contributed by atoms with van der Waals surface area (Å²) in [6.45, 7) is 3.59. The monoisotopic (exact) mass is 413 g/mol. The van der Waals surface area contributed by atoms with Gasteiger partial charge < -0.3 is 15.9 Å². The molecule has 2 saturated carbocycles. The van der Waals surface area contributed by atoms with Gasteiger partial charge in [-0.05, 0) is 48.8 Å². The summed E-state index contributed by atoms with van der Waals surface area (Å²) in [6, 6.07) is 1.81. The van der Waals surface area contributed by atoms with Crippen LogP contribution < -0.4 is 5.73 Å². The third-order valence-electron chi connectivity index (χ3n) is 7.07. The SMILES string of the molecule is CCc1cc(C)c(O)c2c1C[C@H]1C[C@H]3CC(=O)C(C(N)=O)C(=O)[C@@]3(O)C(=O)C1C2=O. The predicted octanol–water partition coefficient (Wildman–Crippen LogP) is 0.198. The number of nitrogens with two attached hydrogens (primary N) is 1. The number of rotatable bonds is 2. The average Bonchev–Trinajstić information content (AvgIpc) is 2.67. The molecular weight excluding hydrogens is 390 g/mol. The van der Waals surface area contributed by atoms with Crippen LogP contribution in [0.1, 0.15) is 46.8 Å². The highest BCUT2D eigenvalue weighted by Gasteiger charge is 2.66. The summed E-state index contributed by atoms with van der Waals surface area (Å²) in [7, 11) is 0. The molecule has 2 fully saturated rings.